The van der Waals surface area contributed by atoms with E-state index < -0.39 is 0 Å². The predicted molar refractivity (Wildman–Crippen MR) is 52.6 cm³/mol. The number of rotatable bonds is 4. The average molecular weight is 180 g/mol. The molecule has 0 aliphatic heterocycles. The Morgan fingerprint density at radius 3 is 2.54 bits per heavy atom. The third-order valence-electron chi connectivity index (χ3n) is 1.97. The van der Waals surface area contributed by atoms with Crippen LogP contribution in [-0.2, 0) is 9.47 Å². The Morgan fingerprint density at radius 1 is 1.31 bits per heavy atom. The van der Waals surface area contributed by atoms with Gasteiger partial charge in [0, 0.05) is 19.3 Å². The van der Waals surface area contributed by atoms with Crippen LogP contribution < -0.4 is 0 Å². The van der Waals surface area contributed by atoms with Gasteiger partial charge in [-0.1, -0.05) is 24.3 Å². The molecule has 0 saturated carbocycles. The van der Waals surface area contributed by atoms with Crippen molar-refractivity contribution in [2.45, 2.75) is 20.1 Å². The first-order valence-corrected chi connectivity index (χ1v) is 4.49. The van der Waals surface area contributed by atoms with Gasteiger partial charge in [0.05, 0.1) is 0 Å². The molecule has 0 spiro atoms. The second-order valence-electron chi connectivity index (χ2n) is 2.88. The molecule has 1 atom stereocenters. The van der Waals surface area contributed by atoms with Crippen molar-refractivity contribution in [3.05, 3.63) is 35.4 Å². The van der Waals surface area contributed by atoms with E-state index in [1.54, 1.807) is 7.11 Å². The highest BCUT2D eigenvalue weighted by Crippen LogP contribution is 2.21. The molecule has 0 amide bonds. The molecule has 0 N–H and O–H groups in total. The maximum atomic E-state index is 5.44. The second kappa shape index (κ2) is 5.00. The highest BCUT2D eigenvalue weighted by atomic mass is 16.7. The van der Waals surface area contributed by atoms with Gasteiger partial charge < -0.3 is 9.47 Å². The molecule has 0 heterocycles. The van der Waals surface area contributed by atoms with E-state index in [4.69, 9.17) is 9.47 Å². The lowest BCUT2D eigenvalue weighted by molar-refractivity contribution is -0.124. The standard InChI is InChI=1S/C11H16O2/c1-4-13-11(12-3)10-8-6-5-7-9(10)2/h5-8,11H,4H2,1-3H3/t11-/m1/s1. The Labute approximate surface area is 79.5 Å². The van der Waals surface area contributed by atoms with E-state index in [9.17, 15) is 0 Å². The van der Waals surface area contributed by atoms with Crippen molar-refractivity contribution in [3.63, 3.8) is 0 Å². The minimum atomic E-state index is -0.230. The molecular weight excluding hydrogens is 164 g/mol. The van der Waals surface area contributed by atoms with Gasteiger partial charge >= 0.3 is 0 Å². The van der Waals surface area contributed by atoms with E-state index in [-0.39, 0.29) is 6.29 Å². The smallest absolute Gasteiger partial charge is 0.183 e. The average Bonchev–Trinajstić information content (AvgIpc) is 2.16. The van der Waals surface area contributed by atoms with Crippen molar-refractivity contribution in [1.82, 2.24) is 0 Å². The number of ether oxygens (including phenoxy) is 2. The molecule has 0 fully saturated rings. The molecule has 2 nitrogen and oxygen atoms in total. The molecule has 0 aliphatic carbocycles. The minimum Gasteiger partial charge on any atom is -0.352 e. The summed E-state index contributed by atoms with van der Waals surface area (Å²) in [7, 11) is 1.66. The quantitative estimate of drug-likeness (QED) is 0.663. The van der Waals surface area contributed by atoms with Crippen molar-refractivity contribution in [2.24, 2.45) is 0 Å². The third kappa shape index (κ3) is 2.54. The van der Waals surface area contributed by atoms with Gasteiger partial charge in [0.25, 0.3) is 0 Å². The van der Waals surface area contributed by atoms with Crippen LogP contribution in [0.2, 0.25) is 0 Å². The molecule has 13 heavy (non-hydrogen) atoms. The molecule has 72 valence electrons. The zero-order valence-electron chi connectivity index (χ0n) is 8.41. The molecule has 0 radical (unpaired) electrons. The van der Waals surface area contributed by atoms with E-state index in [1.807, 2.05) is 25.1 Å². The van der Waals surface area contributed by atoms with Crippen LogP contribution in [0.5, 0.6) is 0 Å². The largest absolute Gasteiger partial charge is 0.352 e. The molecule has 0 saturated heterocycles. The van der Waals surface area contributed by atoms with Crippen LogP contribution in [0.4, 0.5) is 0 Å². The highest BCUT2D eigenvalue weighted by Gasteiger charge is 2.11. The van der Waals surface area contributed by atoms with Crippen molar-refractivity contribution < 1.29 is 9.47 Å². The number of hydrogen-bond acceptors (Lipinski definition) is 2. The summed E-state index contributed by atoms with van der Waals surface area (Å²) in [5, 5.41) is 0. The van der Waals surface area contributed by atoms with E-state index in [0.29, 0.717) is 6.61 Å². The van der Waals surface area contributed by atoms with Crippen molar-refractivity contribution in [1.29, 1.82) is 0 Å². The SMILES string of the molecule is CCO[C@@H](OC)c1ccccc1C. The third-order valence-corrected chi connectivity index (χ3v) is 1.97. The van der Waals surface area contributed by atoms with Crippen LogP contribution in [0.3, 0.4) is 0 Å². The molecule has 0 aromatic heterocycles. The maximum Gasteiger partial charge on any atom is 0.183 e. The lowest BCUT2D eigenvalue weighted by Gasteiger charge is -2.17. The van der Waals surface area contributed by atoms with Gasteiger partial charge in [-0.15, -0.1) is 0 Å². The van der Waals surface area contributed by atoms with Gasteiger partial charge in [0.2, 0.25) is 0 Å². The van der Waals surface area contributed by atoms with Crippen LogP contribution in [0.25, 0.3) is 0 Å². The van der Waals surface area contributed by atoms with E-state index in [1.165, 1.54) is 5.56 Å². The molecular formula is C11H16O2. The lowest BCUT2D eigenvalue weighted by atomic mass is 10.1. The highest BCUT2D eigenvalue weighted by molar-refractivity contribution is 5.26. The first-order valence-electron chi connectivity index (χ1n) is 4.49. The summed E-state index contributed by atoms with van der Waals surface area (Å²) in [6.45, 7) is 4.68. The first-order chi connectivity index (χ1) is 6.29. The Morgan fingerprint density at radius 2 is 2.00 bits per heavy atom. The maximum absolute atomic E-state index is 5.44. The van der Waals surface area contributed by atoms with Crippen molar-refractivity contribution in [2.75, 3.05) is 13.7 Å². The summed E-state index contributed by atoms with van der Waals surface area (Å²) in [6.07, 6.45) is -0.230. The topological polar surface area (TPSA) is 18.5 Å². The first kappa shape index (κ1) is 10.2. The fraction of sp³-hybridized carbons (Fsp3) is 0.455. The van der Waals surface area contributed by atoms with E-state index in [0.717, 1.165) is 5.56 Å². The van der Waals surface area contributed by atoms with Crippen LogP contribution in [0.1, 0.15) is 24.3 Å². The van der Waals surface area contributed by atoms with Crippen LogP contribution >= 0.6 is 0 Å². The summed E-state index contributed by atoms with van der Waals surface area (Å²) in [6, 6.07) is 8.09. The fourth-order valence-electron chi connectivity index (χ4n) is 1.29. The number of aryl methyl sites for hydroxylation is 1. The van der Waals surface area contributed by atoms with Crippen molar-refractivity contribution in [3.8, 4) is 0 Å². The summed E-state index contributed by atoms with van der Waals surface area (Å²) in [5.41, 5.74) is 2.30. The Balaban J connectivity index is 2.84. The predicted octanol–water partition coefficient (Wildman–Crippen LogP) is 2.68. The van der Waals surface area contributed by atoms with Crippen LogP contribution in [-0.4, -0.2) is 13.7 Å². The van der Waals surface area contributed by atoms with Gasteiger partial charge in [-0.3, -0.25) is 0 Å². The molecule has 0 aliphatic rings. The lowest BCUT2D eigenvalue weighted by Crippen LogP contribution is -2.07. The number of methoxy groups -OCH3 is 1. The Hall–Kier alpha value is -0.860. The second-order valence-corrected chi connectivity index (χ2v) is 2.88. The molecule has 1 aromatic rings. The zero-order valence-corrected chi connectivity index (χ0v) is 8.41. The van der Waals surface area contributed by atoms with Crippen LogP contribution in [0, 0.1) is 6.92 Å². The van der Waals surface area contributed by atoms with Gasteiger partial charge in [0.1, 0.15) is 0 Å². The molecule has 2 heteroatoms. The van der Waals surface area contributed by atoms with Gasteiger partial charge in [-0.2, -0.15) is 0 Å². The van der Waals surface area contributed by atoms with Crippen molar-refractivity contribution >= 4 is 0 Å². The van der Waals surface area contributed by atoms with Gasteiger partial charge in [0.15, 0.2) is 6.29 Å². The van der Waals surface area contributed by atoms with E-state index in [2.05, 4.69) is 13.0 Å². The number of hydrogen-bond donors (Lipinski definition) is 0. The minimum absolute atomic E-state index is 0.230. The monoisotopic (exact) mass is 180 g/mol. The molecule has 1 rings (SSSR count). The summed E-state index contributed by atoms with van der Waals surface area (Å²) < 4.78 is 10.7. The van der Waals surface area contributed by atoms with Crippen LogP contribution in [0.15, 0.2) is 24.3 Å². The van der Waals surface area contributed by atoms with E-state index >= 15 is 0 Å². The summed E-state index contributed by atoms with van der Waals surface area (Å²) in [4.78, 5) is 0. The normalized spacial score (nSPS) is 12.8. The summed E-state index contributed by atoms with van der Waals surface area (Å²) in [5.74, 6) is 0. The zero-order chi connectivity index (χ0) is 9.68. The summed E-state index contributed by atoms with van der Waals surface area (Å²) >= 11 is 0. The Kier molecular flexibility index (Phi) is 3.93. The fourth-order valence-corrected chi connectivity index (χ4v) is 1.29. The molecule has 1 aromatic carbocycles. The van der Waals surface area contributed by atoms with Gasteiger partial charge in [-0.05, 0) is 19.4 Å². The molecule has 0 bridgehead atoms. The van der Waals surface area contributed by atoms with Gasteiger partial charge in [-0.25, -0.2) is 0 Å². The number of benzene rings is 1. The Bertz CT molecular complexity index is 258. The molecule has 0 unspecified atom stereocenters.